The zero-order valence-corrected chi connectivity index (χ0v) is 11.2. The first-order valence-electron chi connectivity index (χ1n) is 6.88. The zero-order valence-electron chi connectivity index (χ0n) is 11.2. The Morgan fingerprint density at radius 3 is 2.94 bits per heavy atom. The normalized spacial score (nSPS) is 21.8. The van der Waals surface area contributed by atoms with Crippen molar-refractivity contribution in [2.75, 3.05) is 13.1 Å². The van der Waals surface area contributed by atoms with Crippen LogP contribution in [0.3, 0.4) is 0 Å². The zero-order chi connectivity index (χ0) is 13.0. The lowest BCUT2D eigenvalue weighted by Crippen LogP contribution is -2.24. The average Bonchev–Trinajstić information content (AvgIpc) is 2.57. The largest absolute Gasteiger partial charge is 0.326 e. The van der Waals surface area contributed by atoms with E-state index in [1.165, 1.54) is 30.9 Å². The average molecular weight is 250 g/mol. The van der Waals surface area contributed by atoms with E-state index in [0.29, 0.717) is 5.56 Å². The number of hydrogen-bond acceptors (Lipinski definition) is 2. The van der Waals surface area contributed by atoms with Crippen LogP contribution >= 0.6 is 0 Å². The van der Waals surface area contributed by atoms with Crippen LogP contribution in [-0.2, 0) is 13.1 Å². The molecular formula is C15H23FN2. The van der Waals surface area contributed by atoms with Crippen LogP contribution in [0.5, 0.6) is 0 Å². The fourth-order valence-corrected chi connectivity index (χ4v) is 2.62. The summed E-state index contributed by atoms with van der Waals surface area (Å²) in [6, 6.07) is 5.32. The molecule has 1 heterocycles. The topological polar surface area (TPSA) is 29.3 Å². The van der Waals surface area contributed by atoms with E-state index >= 15 is 0 Å². The lowest BCUT2D eigenvalue weighted by molar-refractivity contribution is 0.273. The van der Waals surface area contributed by atoms with Gasteiger partial charge in [-0.15, -0.1) is 0 Å². The number of benzene rings is 1. The summed E-state index contributed by atoms with van der Waals surface area (Å²) in [5.41, 5.74) is 7.34. The third-order valence-electron chi connectivity index (χ3n) is 3.85. The van der Waals surface area contributed by atoms with Crippen LogP contribution in [0.1, 0.15) is 37.3 Å². The van der Waals surface area contributed by atoms with Gasteiger partial charge in [-0.1, -0.05) is 19.1 Å². The van der Waals surface area contributed by atoms with Gasteiger partial charge >= 0.3 is 0 Å². The first-order chi connectivity index (χ1) is 8.69. The van der Waals surface area contributed by atoms with Crippen LogP contribution in [-0.4, -0.2) is 18.0 Å². The molecule has 1 unspecified atom stereocenters. The quantitative estimate of drug-likeness (QED) is 0.893. The molecule has 0 radical (unpaired) electrons. The second kappa shape index (κ2) is 6.30. The van der Waals surface area contributed by atoms with Gasteiger partial charge in [0.1, 0.15) is 5.82 Å². The second-order valence-corrected chi connectivity index (χ2v) is 5.44. The van der Waals surface area contributed by atoms with E-state index in [0.717, 1.165) is 25.6 Å². The first kappa shape index (κ1) is 13.5. The molecule has 0 saturated carbocycles. The van der Waals surface area contributed by atoms with E-state index in [-0.39, 0.29) is 12.4 Å². The van der Waals surface area contributed by atoms with Gasteiger partial charge < -0.3 is 5.73 Å². The summed E-state index contributed by atoms with van der Waals surface area (Å²) in [5.74, 6) is 0.647. The highest BCUT2D eigenvalue weighted by Crippen LogP contribution is 2.19. The highest BCUT2D eigenvalue weighted by atomic mass is 19.1. The Labute approximate surface area is 109 Å². The fourth-order valence-electron chi connectivity index (χ4n) is 2.62. The molecule has 1 aromatic rings. The smallest absolute Gasteiger partial charge is 0.127 e. The first-order valence-corrected chi connectivity index (χ1v) is 6.88. The molecule has 1 aliphatic heterocycles. The van der Waals surface area contributed by atoms with E-state index in [2.05, 4.69) is 11.8 Å². The van der Waals surface area contributed by atoms with Crippen LogP contribution in [0, 0.1) is 11.7 Å². The van der Waals surface area contributed by atoms with E-state index in [4.69, 9.17) is 5.73 Å². The molecule has 2 nitrogen and oxygen atoms in total. The van der Waals surface area contributed by atoms with Crippen LogP contribution in [0.25, 0.3) is 0 Å². The molecule has 0 aliphatic carbocycles. The van der Waals surface area contributed by atoms with Crippen molar-refractivity contribution < 1.29 is 4.39 Å². The Morgan fingerprint density at radius 2 is 2.17 bits per heavy atom. The van der Waals surface area contributed by atoms with E-state index in [1.807, 2.05) is 12.1 Å². The van der Waals surface area contributed by atoms with Crippen LogP contribution < -0.4 is 5.73 Å². The molecule has 0 bridgehead atoms. The van der Waals surface area contributed by atoms with Gasteiger partial charge in [0.2, 0.25) is 0 Å². The number of hydrogen-bond donors (Lipinski definition) is 1. The highest BCUT2D eigenvalue weighted by Gasteiger charge is 2.14. The van der Waals surface area contributed by atoms with Crippen LogP contribution in [0.4, 0.5) is 4.39 Å². The molecule has 100 valence electrons. The van der Waals surface area contributed by atoms with Crippen molar-refractivity contribution >= 4 is 0 Å². The number of rotatable bonds is 3. The minimum absolute atomic E-state index is 0.189. The molecular weight excluding hydrogens is 227 g/mol. The second-order valence-electron chi connectivity index (χ2n) is 5.44. The van der Waals surface area contributed by atoms with E-state index in [9.17, 15) is 4.39 Å². The van der Waals surface area contributed by atoms with Crippen molar-refractivity contribution in [2.24, 2.45) is 11.7 Å². The summed E-state index contributed by atoms with van der Waals surface area (Å²) in [5, 5.41) is 0. The fraction of sp³-hybridized carbons (Fsp3) is 0.600. The van der Waals surface area contributed by atoms with Gasteiger partial charge in [-0.2, -0.15) is 0 Å². The summed E-state index contributed by atoms with van der Waals surface area (Å²) in [4.78, 5) is 2.47. The SMILES string of the molecule is CC1CCCN(Cc2ccc(F)c(CN)c2)CC1. The molecule has 0 amide bonds. The molecule has 0 spiro atoms. The summed E-state index contributed by atoms with van der Waals surface area (Å²) in [6.07, 6.45) is 3.87. The predicted octanol–water partition coefficient (Wildman–Crippen LogP) is 2.91. The minimum Gasteiger partial charge on any atom is -0.326 e. The molecule has 1 atom stereocenters. The molecule has 1 aromatic carbocycles. The van der Waals surface area contributed by atoms with Gasteiger partial charge in [0.05, 0.1) is 0 Å². The maximum Gasteiger partial charge on any atom is 0.127 e. The number of likely N-dealkylation sites (tertiary alicyclic amines) is 1. The van der Waals surface area contributed by atoms with Gasteiger partial charge in [0, 0.05) is 18.7 Å². The monoisotopic (exact) mass is 250 g/mol. The highest BCUT2D eigenvalue weighted by molar-refractivity contribution is 5.25. The third-order valence-corrected chi connectivity index (χ3v) is 3.85. The Balaban J connectivity index is 2.00. The van der Waals surface area contributed by atoms with Crippen molar-refractivity contribution in [2.45, 2.75) is 39.3 Å². The van der Waals surface area contributed by atoms with Gasteiger partial charge in [0.15, 0.2) is 0 Å². The van der Waals surface area contributed by atoms with Crippen molar-refractivity contribution in [1.82, 2.24) is 4.90 Å². The van der Waals surface area contributed by atoms with Crippen molar-refractivity contribution in [3.05, 3.63) is 35.1 Å². The summed E-state index contributed by atoms with van der Waals surface area (Å²) in [7, 11) is 0. The molecule has 1 saturated heterocycles. The molecule has 3 heteroatoms. The van der Waals surface area contributed by atoms with Crippen LogP contribution in [0.15, 0.2) is 18.2 Å². The van der Waals surface area contributed by atoms with Gasteiger partial charge in [-0.25, -0.2) is 4.39 Å². The molecule has 2 rings (SSSR count). The summed E-state index contributed by atoms with van der Waals surface area (Å²) in [6.45, 7) is 5.82. The minimum atomic E-state index is -0.189. The molecule has 2 N–H and O–H groups in total. The van der Waals surface area contributed by atoms with Crippen LogP contribution in [0.2, 0.25) is 0 Å². The Morgan fingerprint density at radius 1 is 1.33 bits per heavy atom. The Bertz CT molecular complexity index is 392. The number of nitrogens with zero attached hydrogens (tertiary/aromatic N) is 1. The molecule has 0 aromatic heterocycles. The van der Waals surface area contributed by atoms with Gasteiger partial charge in [0.25, 0.3) is 0 Å². The Kier molecular flexibility index (Phi) is 4.72. The van der Waals surface area contributed by atoms with Crippen molar-refractivity contribution in [3.8, 4) is 0 Å². The van der Waals surface area contributed by atoms with Gasteiger partial charge in [-0.05, 0) is 49.9 Å². The third kappa shape index (κ3) is 3.53. The van der Waals surface area contributed by atoms with Gasteiger partial charge in [-0.3, -0.25) is 4.90 Å². The number of nitrogens with two attached hydrogens (primary N) is 1. The molecule has 1 fully saturated rings. The predicted molar refractivity (Wildman–Crippen MR) is 72.6 cm³/mol. The summed E-state index contributed by atoms with van der Waals surface area (Å²) >= 11 is 0. The molecule has 1 aliphatic rings. The maximum absolute atomic E-state index is 13.4. The molecule has 18 heavy (non-hydrogen) atoms. The van der Waals surface area contributed by atoms with E-state index in [1.54, 1.807) is 0 Å². The van der Waals surface area contributed by atoms with E-state index < -0.39 is 0 Å². The lowest BCUT2D eigenvalue weighted by atomic mass is 10.0. The van der Waals surface area contributed by atoms with Crippen molar-refractivity contribution in [3.63, 3.8) is 0 Å². The number of halogens is 1. The lowest BCUT2D eigenvalue weighted by Gasteiger charge is -2.20. The summed E-state index contributed by atoms with van der Waals surface area (Å²) < 4.78 is 13.4. The maximum atomic E-state index is 13.4. The van der Waals surface area contributed by atoms with Crippen molar-refractivity contribution in [1.29, 1.82) is 0 Å². The Hall–Kier alpha value is -0.930. The standard InChI is InChI=1S/C15H23FN2/c1-12-3-2-7-18(8-6-12)11-13-4-5-15(16)14(9-13)10-17/h4-5,9,12H,2-3,6-8,10-11,17H2,1H3.